The molecule has 0 saturated carbocycles. The predicted octanol–water partition coefficient (Wildman–Crippen LogP) is 3.90. The van der Waals surface area contributed by atoms with Crippen molar-refractivity contribution < 1.29 is 9.53 Å². The van der Waals surface area contributed by atoms with E-state index in [-0.39, 0.29) is 23.5 Å². The Morgan fingerprint density at radius 2 is 1.82 bits per heavy atom. The van der Waals surface area contributed by atoms with Crippen molar-refractivity contribution in [2.75, 3.05) is 0 Å². The van der Waals surface area contributed by atoms with Crippen LogP contribution in [0.5, 0.6) is 0 Å². The maximum absolute atomic E-state index is 12.1. The van der Waals surface area contributed by atoms with Crippen molar-refractivity contribution in [3.8, 4) is 0 Å². The molecule has 1 aromatic rings. The third-order valence-corrected chi connectivity index (χ3v) is 3.42. The number of thiocarbonyl (C=S) groups is 1. The summed E-state index contributed by atoms with van der Waals surface area (Å²) in [4.78, 5) is 12.7. The quantitative estimate of drug-likeness (QED) is 0.637. The number of nitrogens with one attached hydrogen (secondary N) is 1. The van der Waals surface area contributed by atoms with Crippen LogP contribution in [0.3, 0.4) is 0 Å². The number of carbonyl (C=O) groups is 1. The van der Waals surface area contributed by atoms with Crippen LogP contribution >= 0.6 is 12.2 Å². The first kappa shape index (κ1) is 18.6. The van der Waals surface area contributed by atoms with Gasteiger partial charge >= 0.3 is 5.97 Å². The van der Waals surface area contributed by atoms with Gasteiger partial charge in [-0.25, -0.2) is 0 Å². The topological polar surface area (TPSA) is 38.3 Å². The molecule has 0 radical (unpaired) electrons. The Morgan fingerprint density at radius 3 is 2.32 bits per heavy atom. The molecule has 1 rings (SSSR count). The molecule has 0 aliphatic rings. The second kappa shape index (κ2) is 8.28. The first-order valence-electron chi connectivity index (χ1n) is 7.74. The van der Waals surface area contributed by atoms with Crippen LogP contribution in [0.15, 0.2) is 30.3 Å². The van der Waals surface area contributed by atoms with Crippen LogP contribution in [-0.4, -0.2) is 22.6 Å². The second-order valence-corrected chi connectivity index (χ2v) is 7.32. The Balaban J connectivity index is 2.55. The Morgan fingerprint density at radius 1 is 1.23 bits per heavy atom. The molecule has 122 valence electrons. The third-order valence-electron chi connectivity index (χ3n) is 3.08. The summed E-state index contributed by atoms with van der Waals surface area (Å²) in [6.45, 7) is 10.1. The van der Waals surface area contributed by atoms with Gasteiger partial charge in [-0.2, -0.15) is 0 Å². The molecule has 22 heavy (non-hydrogen) atoms. The van der Waals surface area contributed by atoms with Gasteiger partial charge in [-0.3, -0.25) is 4.79 Å². The Labute approximate surface area is 139 Å². The summed E-state index contributed by atoms with van der Waals surface area (Å²) < 4.78 is 5.60. The largest absolute Gasteiger partial charge is 0.455 e. The van der Waals surface area contributed by atoms with Gasteiger partial charge in [0.25, 0.3) is 0 Å². The minimum Gasteiger partial charge on any atom is -0.455 e. The second-order valence-electron chi connectivity index (χ2n) is 6.88. The highest BCUT2D eigenvalue weighted by atomic mass is 32.1. The molecule has 3 nitrogen and oxygen atoms in total. The lowest BCUT2D eigenvalue weighted by Gasteiger charge is -2.29. The predicted molar refractivity (Wildman–Crippen MR) is 95.0 cm³/mol. The van der Waals surface area contributed by atoms with E-state index in [1.54, 1.807) is 0 Å². The van der Waals surface area contributed by atoms with Gasteiger partial charge < -0.3 is 10.1 Å². The van der Waals surface area contributed by atoms with Crippen molar-refractivity contribution in [1.82, 2.24) is 5.32 Å². The Hall–Kier alpha value is -1.42. The third kappa shape index (κ3) is 7.03. The summed E-state index contributed by atoms with van der Waals surface area (Å²) in [7, 11) is 0. The number of hydrogen-bond acceptors (Lipinski definition) is 3. The van der Waals surface area contributed by atoms with Crippen LogP contribution in [0.2, 0.25) is 0 Å². The maximum atomic E-state index is 12.1. The van der Waals surface area contributed by atoms with E-state index >= 15 is 0 Å². The summed E-state index contributed by atoms with van der Waals surface area (Å²) in [6, 6.07) is 9.94. The molecule has 0 heterocycles. The van der Waals surface area contributed by atoms with E-state index < -0.39 is 0 Å². The minimum atomic E-state index is -0.377. The molecule has 0 unspecified atom stereocenters. The molecule has 0 aliphatic heterocycles. The van der Waals surface area contributed by atoms with Crippen molar-refractivity contribution >= 4 is 23.2 Å². The fourth-order valence-electron chi connectivity index (χ4n) is 2.02. The van der Waals surface area contributed by atoms with E-state index in [0.717, 1.165) is 5.56 Å². The van der Waals surface area contributed by atoms with Gasteiger partial charge in [0.05, 0.1) is 0 Å². The fraction of sp³-hybridized carbons (Fsp3) is 0.556. The van der Waals surface area contributed by atoms with E-state index in [1.807, 2.05) is 65.0 Å². The average molecular weight is 321 g/mol. The normalized spacial score (nSPS) is 12.8. The summed E-state index contributed by atoms with van der Waals surface area (Å²) in [5, 5.41) is 3.23. The number of benzene rings is 1. The molecule has 0 amide bonds. The van der Waals surface area contributed by atoms with Gasteiger partial charge in [-0.1, -0.05) is 56.4 Å². The fourth-order valence-corrected chi connectivity index (χ4v) is 2.65. The van der Waals surface area contributed by atoms with E-state index in [4.69, 9.17) is 17.0 Å². The Bertz CT molecular complexity index is 492. The summed E-state index contributed by atoms with van der Waals surface area (Å²) in [5.41, 5.74) is 0.997. The van der Waals surface area contributed by atoms with Crippen LogP contribution in [0.25, 0.3) is 0 Å². The highest BCUT2D eigenvalue weighted by Gasteiger charge is 2.25. The molecule has 4 heteroatoms. The van der Waals surface area contributed by atoms with Crippen LogP contribution < -0.4 is 5.32 Å². The molecule has 0 aliphatic carbocycles. The van der Waals surface area contributed by atoms with E-state index in [1.165, 1.54) is 0 Å². The SMILES string of the molecule is CC(C)[C@@H](OC(=O)CCc1ccccc1)C(=S)NC(C)(C)C. The highest BCUT2D eigenvalue weighted by Crippen LogP contribution is 2.13. The molecule has 0 fully saturated rings. The molecular weight excluding hydrogens is 294 g/mol. The molecule has 0 bridgehead atoms. The van der Waals surface area contributed by atoms with Crippen molar-refractivity contribution in [3.05, 3.63) is 35.9 Å². The standard InChI is InChI=1S/C18H27NO2S/c1-13(2)16(17(22)19-18(3,4)5)21-15(20)12-11-14-9-7-6-8-10-14/h6-10,13,16H,11-12H2,1-5H3,(H,19,22)/t16-/m1/s1. The number of rotatable bonds is 6. The van der Waals surface area contributed by atoms with Crippen molar-refractivity contribution in [2.45, 2.75) is 59.1 Å². The highest BCUT2D eigenvalue weighted by molar-refractivity contribution is 7.80. The minimum absolute atomic E-state index is 0.138. The van der Waals surface area contributed by atoms with Crippen molar-refractivity contribution in [1.29, 1.82) is 0 Å². The monoisotopic (exact) mass is 321 g/mol. The van der Waals surface area contributed by atoms with Gasteiger partial charge in [-0.15, -0.1) is 0 Å². The van der Waals surface area contributed by atoms with Crippen LogP contribution in [-0.2, 0) is 16.0 Å². The maximum Gasteiger partial charge on any atom is 0.306 e. The molecule has 0 aromatic heterocycles. The van der Waals surface area contributed by atoms with Gasteiger partial charge in [0.2, 0.25) is 0 Å². The summed E-state index contributed by atoms with van der Waals surface area (Å²) >= 11 is 5.41. The lowest BCUT2D eigenvalue weighted by atomic mass is 10.0. The van der Waals surface area contributed by atoms with E-state index in [0.29, 0.717) is 17.8 Å². The molecule has 1 aromatic carbocycles. The van der Waals surface area contributed by atoms with Crippen LogP contribution in [0, 0.1) is 5.92 Å². The number of carbonyl (C=O) groups excluding carboxylic acids is 1. The smallest absolute Gasteiger partial charge is 0.306 e. The molecule has 0 spiro atoms. The lowest BCUT2D eigenvalue weighted by Crippen LogP contribution is -2.47. The van der Waals surface area contributed by atoms with Crippen LogP contribution in [0.4, 0.5) is 0 Å². The summed E-state index contributed by atoms with van der Waals surface area (Å²) in [6.07, 6.45) is 0.674. The molecule has 1 N–H and O–H groups in total. The molecule has 1 atom stereocenters. The van der Waals surface area contributed by atoms with Gasteiger partial charge in [0.15, 0.2) is 6.10 Å². The zero-order valence-electron chi connectivity index (χ0n) is 14.2. The van der Waals surface area contributed by atoms with E-state index in [9.17, 15) is 4.79 Å². The van der Waals surface area contributed by atoms with Gasteiger partial charge in [-0.05, 0) is 38.7 Å². The lowest BCUT2D eigenvalue weighted by molar-refractivity contribution is -0.147. The van der Waals surface area contributed by atoms with Gasteiger partial charge in [0.1, 0.15) is 4.99 Å². The first-order valence-corrected chi connectivity index (χ1v) is 8.15. The van der Waals surface area contributed by atoms with E-state index in [2.05, 4.69) is 5.32 Å². The van der Waals surface area contributed by atoms with Crippen molar-refractivity contribution in [3.63, 3.8) is 0 Å². The number of aryl methyl sites for hydroxylation is 1. The Kier molecular flexibility index (Phi) is 7.01. The molecular formula is C18H27NO2S. The summed E-state index contributed by atoms with van der Waals surface area (Å²) in [5.74, 6) is -0.0661. The number of esters is 1. The average Bonchev–Trinajstić information content (AvgIpc) is 2.41. The zero-order chi connectivity index (χ0) is 16.8. The first-order chi connectivity index (χ1) is 10.2. The zero-order valence-corrected chi connectivity index (χ0v) is 15.0. The van der Waals surface area contributed by atoms with Crippen molar-refractivity contribution in [2.24, 2.45) is 5.92 Å². The number of ether oxygens (including phenoxy) is 1. The number of hydrogen-bond donors (Lipinski definition) is 1. The molecule has 0 saturated heterocycles. The van der Waals surface area contributed by atoms with Gasteiger partial charge in [0, 0.05) is 12.0 Å². The van der Waals surface area contributed by atoms with Crippen LogP contribution in [0.1, 0.15) is 46.6 Å².